The van der Waals surface area contributed by atoms with E-state index in [-0.39, 0.29) is 0 Å². The number of aromatic nitrogens is 2. The molecule has 1 aliphatic heterocycles. The molecule has 100 valence electrons. The molecule has 3 heteroatoms. The van der Waals surface area contributed by atoms with Crippen molar-refractivity contribution in [3.8, 4) is 0 Å². The molecule has 0 saturated carbocycles. The summed E-state index contributed by atoms with van der Waals surface area (Å²) < 4.78 is 0. The SMILES string of the molecule is CCc1cnc(N2CCC(C(C)(C)C)CC2)nc1. The first-order chi connectivity index (χ1) is 8.50. The minimum absolute atomic E-state index is 0.430. The summed E-state index contributed by atoms with van der Waals surface area (Å²) in [6.45, 7) is 11.4. The van der Waals surface area contributed by atoms with Gasteiger partial charge in [-0.05, 0) is 36.2 Å². The van der Waals surface area contributed by atoms with Gasteiger partial charge in [-0.1, -0.05) is 27.7 Å². The van der Waals surface area contributed by atoms with Gasteiger partial charge in [-0.2, -0.15) is 0 Å². The molecule has 1 saturated heterocycles. The predicted octanol–water partition coefficient (Wildman–Crippen LogP) is 3.30. The Morgan fingerprint density at radius 1 is 1.17 bits per heavy atom. The Hall–Kier alpha value is -1.12. The van der Waals surface area contributed by atoms with Crippen molar-refractivity contribution in [2.75, 3.05) is 18.0 Å². The molecule has 0 N–H and O–H groups in total. The van der Waals surface area contributed by atoms with Crippen LogP contribution in [0.5, 0.6) is 0 Å². The third-order valence-corrected chi connectivity index (χ3v) is 4.10. The van der Waals surface area contributed by atoms with Gasteiger partial charge in [0.05, 0.1) is 0 Å². The number of rotatable bonds is 2. The van der Waals surface area contributed by atoms with Crippen LogP contribution < -0.4 is 4.90 Å². The lowest BCUT2D eigenvalue weighted by Gasteiger charge is -2.38. The molecule has 0 amide bonds. The normalized spacial score (nSPS) is 18.1. The zero-order chi connectivity index (χ0) is 13.2. The quantitative estimate of drug-likeness (QED) is 0.803. The minimum Gasteiger partial charge on any atom is -0.341 e. The molecule has 1 aromatic rings. The Labute approximate surface area is 111 Å². The van der Waals surface area contributed by atoms with E-state index in [0.717, 1.165) is 31.4 Å². The fourth-order valence-corrected chi connectivity index (χ4v) is 2.64. The Balaban J connectivity index is 1.96. The number of piperidine rings is 1. The molecule has 3 nitrogen and oxygen atoms in total. The zero-order valence-corrected chi connectivity index (χ0v) is 12.1. The highest BCUT2D eigenvalue weighted by atomic mass is 15.2. The van der Waals surface area contributed by atoms with Crippen LogP contribution in [0.4, 0.5) is 5.95 Å². The number of hydrogen-bond acceptors (Lipinski definition) is 3. The Morgan fingerprint density at radius 2 is 1.72 bits per heavy atom. The van der Waals surface area contributed by atoms with Gasteiger partial charge in [0.1, 0.15) is 0 Å². The first-order valence-corrected chi connectivity index (χ1v) is 7.06. The lowest BCUT2D eigenvalue weighted by molar-refractivity contribution is 0.198. The van der Waals surface area contributed by atoms with Crippen molar-refractivity contribution in [1.29, 1.82) is 0 Å². The fourth-order valence-electron chi connectivity index (χ4n) is 2.64. The number of aryl methyl sites for hydroxylation is 1. The minimum atomic E-state index is 0.430. The van der Waals surface area contributed by atoms with Crippen LogP contribution in [0, 0.1) is 11.3 Å². The van der Waals surface area contributed by atoms with Crippen LogP contribution in [-0.2, 0) is 6.42 Å². The lowest BCUT2D eigenvalue weighted by Crippen LogP contribution is -2.38. The summed E-state index contributed by atoms with van der Waals surface area (Å²) in [5.74, 6) is 1.73. The third-order valence-electron chi connectivity index (χ3n) is 4.10. The largest absolute Gasteiger partial charge is 0.341 e. The van der Waals surface area contributed by atoms with Crippen LogP contribution in [0.15, 0.2) is 12.4 Å². The standard InChI is InChI=1S/C15H25N3/c1-5-12-10-16-14(17-11-12)18-8-6-13(7-9-18)15(2,3)4/h10-11,13H,5-9H2,1-4H3. The maximum atomic E-state index is 4.48. The van der Waals surface area contributed by atoms with Crippen molar-refractivity contribution in [1.82, 2.24) is 9.97 Å². The van der Waals surface area contributed by atoms with E-state index in [1.807, 2.05) is 12.4 Å². The van der Waals surface area contributed by atoms with Crippen molar-refractivity contribution in [3.63, 3.8) is 0 Å². The second-order valence-corrected chi connectivity index (χ2v) is 6.37. The Bertz CT molecular complexity index is 370. The number of hydrogen-bond donors (Lipinski definition) is 0. The van der Waals surface area contributed by atoms with Crippen molar-refractivity contribution in [2.45, 2.75) is 47.0 Å². The van der Waals surface area contributed by atoms with Crippen molar-refractivity contribution >= 4 is 5.95 Å². The lowest BCUT2D eigenvalue weighted by atomic mass is 9.75. The van der Waals surface area contributed by atoms with Gasteiger partial charge in [0.15, 0.2) is 0 Å². The topological polar surface area (TPSA) is 29.0 Å². The van der Waals surface area contributed by atoms with Crippen LogP contribution in [0.2, 0.25) is 0 Å². The van der Waals surface area contributed by atoms with Crippen LogP contribution in [0.1, 0.15) is 46.1 Å². The highest BCUT2D eigenvalue weighted by Crippen LogP contribution is 2.34. The van der Waals surface area contributed by atoms with Gasteiger partial charge in [0.25, 0.3) is 0 Å². The van der Waals surface area contributed by atoms with E-state index in [2.05, 4.69) is 42.6 Å². The molecule has 0 unspecified atom stereocenters. The summed E-state index contributed by atoms with van der Waals surface area (Å²) >= 11 is 0. The van der Waals surface area contributed by atoms with Crippen molar-refractivity contribution in [3.05, 3.63) is 18.0 Å². The van der Waals surface area contributed by atoms with Crippen molar-refractivity contribution < 1.29 is 0 Å². The summed E-state index contributed by atoms with van der Waals surface area (Å²) in [5.41, 5.74) is 1.64. The second kappa shape index (κ2) is 5.25. The first-order valence-electron chi connectivity index (χ1n) is 7.06. The van der Waals surface area contributed by atoms with E-state index in [0.29, 0.717) is 5.41 Å². The number of anilines is 1. The molecular formula is C15H25N3. The van der Waals surface area contributed by atoms with E-state index < -0.39 is 0 Å². The van der Waals surface area contributed by atoms with Gasteiger partial charge in [-0.25, -0.2) is 9.97 Å². The highest BCUT2D eigenvalue weighted by molar-refractivity contribution is 5.30. The summed E-state index contributed by atoms with van der Waals surface area (Å²) in [4.78, 5) is 11.3. The van der Waals surface area contributed by atoms with Gasteiger partial charge in [-0.15, -0.1) is 0 Å². The molecule has 0 spiro atoms. The molecule has 1 aromatic heterocycles. The molecule has 0 radical (unpaired) electrons. The van der Waals surface area contributed by atoms with E-state index in [1.54, 1.807) is 0 Å². The van der Waals surface area contributed by atoms with Gasteiger partial charge in [-0.3, -0.25) is 0 Å². The number of nitrogens with zero attached hydrogens (tertiary/aromatic N) is 3. The molecular weight excluding hydrogens is 222 g/mol. The van der Waals surface area contributed by atoms with Crippen LogP contribution >= 0.6 is 0 Å². The van der Waals surface area contributed by atoms with E-state index >= 15 is 0 Å². The predicted molar refractivity (Wildman–Crippen MR) is 75.8 cm³/mol. The Kier molecular flexibility index (Phi) is 3.88. The summed E-state index contributed by atoms with van der Waals surface area (Å²) in [6.07, 6.45) is 7.42. The van der Waals surface area contributed by atoms with E-state index in [1.165, 1.54) is 18.4 Å². The fraction of sp³-hybridized carbons (Fsp3) is 0.733. The molecule has 2 rings (SSSR count). The van der Waals surface area contributed by atoms with Crippen LogP contribution in [-0.4, -0.2) is 23.1 Å². The molecule has 0 bridgehead atoms. The molecule has 0 atom stereocenters. The molecule has 0 aromatic carbocycles. The highest BCUT2D eigenvalue weighted by Gasteiger charge is 2.29. The Morgan fingerprint density at radius 3 is 2.17 bits per heavy atom. The smallest absolute Gasteiger partial charge is 0.225 e. The summed E-state index contributed by atoms with van der Waals surface area (Å²) in [6, 6.07) is 0. The maximum absolute atomic E-state index is 4.48. The van der Waals surface area contributed by atoms with Gasteiger partial charge >= 0.3 is 0 Å². The molecule has 0 aliphatic carbocycles. The first kappa shape index (κ1) is 13.3. The zero-order valence-electron chi connectivity index (χ0n) is 12.1. The molecule has 1 aliphatic rings. The molecule has 18 heavy (non-hydrogen) atoms. The van der Waals surface area contributed by atoms with Gasteiger partial charge < -0.3 is 4.90 Å². The molecule has 2 heterocycles. The van der Waals surface area contributed by atoms with Gasteiger partial charge in [0.2, 0.25) is 5.95 Å². The summed E-state index contributed by atoms with van der Waals surface area (Å²) in [7, 11) is 0. The average Bonchev–Trinajstić information content (AvgIpc) is 2.38. The van der Waals surface area contributed by atoms with E-state index in [9.17, 15) is 0 Å². The van der Waals surface area contributed by atoms with E-state index in [4.69, 9.17) is 0 Å². The van der Waals surface area contributed by atoms with Gasteiger partial charge in [0, 0.05) is 25.5 Å². The monoisotopic (exact) mass is 247 g/mol. The van der Waals surface area contributed by atoms with Crippen LogP contribution in [0.25, 0.3) is 0 Å². The molecule has 1 fully saturated rings. The second-order valence-electron chi connectivity index (χ2n) is 6.37. The van der Waals surface area contributed by atoms with Crippen LogP contribution in [0.3, 0.4) is 0 Å². The average molecular weight is 247 g/mol. The van der Waals surface area contributed by atoms with Crippen molar-refractivity contribution in [2.24, 2.45) is 11.3 Å². The summed E-state index contributed by atoms with van der Waals surface area (Å²) in [5, 5.41) is 0. The maximum Gasteiger partial charge on any atom is 0.225 e. The third kappa shape index (κ3) is 3.01.